The van der Waals surface area contributed by atoms with Crippen LogP contribution in [0.4, 0.5) is 0 Å². The van der Waals surface area contributed by atoms with Gasteiger partial charge in [-0.1, -0.05) is 21.6 Å². The Kier molecular flexibility index (Phi) is 5.27. The van der Waals surface area contributed by atoms with Crippen molar-refractivity contribution in [1.29, 1.82) is 0 Å². The first-order chi connectivity index (χ1) is 7.15. The summed E-state index contributed by atoms with van der Waals surface area (Å²) in [4.78, 5) is 22.8. The highest BCUT2D eigenvalue weighted by molar-refractivity contribution is 8.76. The van der Waals surface area contributed by atoms with E-state index < -0.39 is 18.1 Å². The van der Waals surface area contributed by atoms with Gasteiger partial charge in [-0.25, -0.2) is 4.79 Å². The summed E-state index contributed by atoms with van der Waals surface area (Å²) >= 11 is 0. The molecule has 0 radical (unpaired) electrons. The second-order valence-electron chi connectivity index (χ2n) is 2.99. The molecule has 1 saturated heterocycles. The molecule has 0 saturated carbocycles. The molecule has 0 aromatic rings. The lowest BCUT2D eigenvalue weighted by Crippen LogP contribution is -2.51. The Bertz CT molecular complexity index is 250. The number of esters is 1. The second-order valence-corrected chi connectivity index (χ2v) is 5.54. The maximum Gasteiger partial charge on any atom is 0.329 e. The van der Waals surface area contributed by atoms with Crippen LogP contribution in [0.25, 0.3) is 0 Å². The molecule has 1 rings (SSSR count). The van der Waals surface area contributed by atoms with Gasteiger partial charge in [0.25, 0.3) is 0 Å². The van der Waals surface area contributed by atoms with Gasteiger partial charge in [-0.05, 0) is 6.92 Å². The van der Waals surface area contributed by atoms with Crippen LogP contribution < -0.4 is 11.1 Å². The molecule has 5 nitrogen and oxygen atoms in total. The first-order valence-corrected chi connectivity index (χ1v) is 7.11. The molecule has 0 aliphatic carbocycles. The van der Waals surface area contributed by atoms with Crippen LogP contribution in [0, 0.1) is 0 Å². The molecule has 7 heteroatoms. The molecule has 1 fully saturated rings. The fraction of sp³-hybridized carbons (Fsp3) is 0.750. The van der Waals surface area contributed by atoms with Gasteiger partial charge in [-0.3, -0.25) is 4.79 Å². The van der Waals surface area contributed by atoms with E-state index in [4.69, 9.17) is 10.5 Å². The fourth-order valence-corrected chi connectivity index (χ4v) is 3.27. The van der Waals surface area contributed by atoms with Gasteiger partial charge in [-0.15, -0.1) is 0 Å². The molecule has 3 N–H and O–H groups in total. The minimum Gasteiger partial charge on any atom is -0.464 e. The van der Waals surface area contributed by atoms with Crippen molar-refractivity contribution in [2.75, 3.05) is 18.1 Å². The van der Waals surface area contributed by atoms with Crippen LogP contribution in [0.15, 0.2) is 0 Å². The summed E-state index contributed by atoms with van der Waals surface area (Å²) in [6.45, 7) is 2.05. The first-order valence-electron chi connectivity index (χ1n) is 4.62. The highest BCUT2D eigenvalue weighted by atomic mass is 33.1. The first kappa shape index (κ1) is 12.7. The van der Waals surface area contributed by atoms with Crippen LogP contribution in [-0.4, -0.2) is 42.1 Å². The Morgan fingerprint density at radius 1 is 1.60 bits per heavy atom. The van der Waals surface area contributed by atoms with Crippen molar-refractivity contribution in [2.45, 2.75) is 19.0 Å². The maximum absolute atomic E-state index is 11.4. The van der Waals surface area contributed by atoms with Gasteiger partial charge < -0.3 is 15.8 Å². The van der Waals surface area contributed by atoms with Crippen molar-refractivity contribution in [2.24, 2.45) is 5.73 Å². The normalized spacial score (nSPS) is 27.5. The van der Waals surface area contributed by atoms with Gasteiger partial charge in [0.1, 0.15) is 6.04 Å². The van der Waals surface area contributed by atoms with Crippen molar-refractivity contribution in [3.05, 3.63) is 0 Å². The SMILES string of the molecule is CCOC(=O)[C@@H]1CSSC[C@H](N)C(=O)N1. The van der Waals surface area contributed by atoms with Crippen LogP contribution in [0.1, 0.15) is 6.92 Å². The summed E-state index contributed by atoms with van der Waals surface area (Å²) in [6, 6.07) is -1.14. The Hall–Kier alpha value is -0.400. The second kappa shape index (κ2) is 6.24. The number of carbonyl (C=O) groups excluding carboxylic acids is 2. The maximum atomic E-state index is 11.4. The standard InChI is InChI=1S/C8H14N2O3S2/c1-2-13-8(12)6-4-15-14-3-5(9)7(11)10-6/h5-6H,2-4,9H2,1H3,(H,10,11)/t5-,6-/m0/s1. The molecular weight excluding hydrogens is 236 g/mol. The molecular formula is C8H14N2O3S2. The smallest absolute Gasteiger partial charge is 0.329 e. The molecule has 1 amide bonds. The summed E-state index contributed by atoms with van der Waals surface area (Å²) in [7, 11) is 3.02. The van der Waals surface area contributed by atoms with E-state index in [1.165, 1.54) is 21.6 Å². The van der Waals surface area contributed by atoms with Gasteiger partial charge in [-0.2, -0.15) is 0 Å². The molecule has 0 aromatic heterocycles. The molecule has 0 spiro atoms. The Morgan fingerprint density at radius 2 is 2.27 bits per heavy atom. The Morgan fingerprint density at radius 3 is 2.93 bits per heavy atom. The molecule has 86 valence electrons. The predicted octanol–water partition coefficient (Wildman–Crippen LogP) is -0.243. The van der Waals surface area contributed by atoms with Crippen LogP contribution in [0.5, 0.6) is 0 Å². The summed E-state index contributed by atoms with van der Waals surface area (Å²) in [5.74, 6) is 0.391. The van der Waals surface area contributed by atoms with Crippen LogP contribution >= 0.6 is 21.6 Å². The minimum absolute atomic E-state index is 0.291. The summed E-state index contributed by atoms with van der Waals surface area (Å²) in [5, 5.41) is 2.58. The van der Waals surface area contributed by atoms with Gasteiger partial charge in [0.15, 0.2) is 0 Å². The zero-order valence-corrected chi connectivity index (χ0v) is 10.0. The molecule has 0 unspecified atom stereocenters. The monoisotopic (exact) mass is 250 g/mol. The molecule has 0 bridgehead atoms. The quantitative estimate of drug-likeness (QED) is 0.520. The number of nitrogens with one attached hydrogen (secondary N) is 1. The third kappa shape index (κ3) is 3.92. The summed E-state index contributed by atoms with van der Waals surface area (Å²) < 4.78 is 4.84. The lowest BCUT2D eigenvalue weighted by atomic mass is 10.3. The van der Waals surface area contributed by atoms with Gasteiger partial charge >= 0.3 is 5.97 Å². The number of rotatable bonds is 2. The van der Waals surface area contributed by atoms with Crippen LogP contribution in [-0.2, 0) is 14.3 Å². The number of nitrogens with two attached hydrogens (primary N) is 1. The molecule has 2 atom stereocenters. The molecule has 1 heterocycles. The predicted molar refractivity (Wildman–Crippen MR) is 61.5 cm³/mol. The number of carbonyl (C=O) groups is 2. The number of amides is 1. The lowest BCUT2D eigenvalue weighted by Gasteiger charge is -2.21. The Labute approximate surface area is 96.3 Å². The molecule has 1 aliphatic rings. The van der Waals surface area contributed by atoms with Crippen molar-refractivity contribution in [1.82, 2.24) is 5.32 Å². The fourth-order valence-electron chi connectivity index (χ4n) is 1.00. The van der Waals surface area contributed by atoms with Crippen LogP contribution in [0.2, 0.25) is 0 Å². The van der Waals surface area contributed by atoms with Gasteiger partial charge in [0, 0.05) is 11.5 Å². The third-order valence-electron chi connectivity index (χ3n) is 1.79. The topological polar surface area (TPSA) is 81.4 Å². The van der Waals surface area contributed by atoms with E-state index in [9.17, 15) is 9.59 Å². The zero-order chi connectivity index (χ0) is 11.3. The van der Waals surface area contributed by atoms with E-state index in [2.05, 4.69) is 5.32 Å². The minimum atomic E-state index is -0.582. The zero-order valence-electron chi connectivity index (χ0n) is 8.39. The van der Waals surface area contributed by atoms with E-state index >= 15 is 0 Å². The van der Waals surface area contributed by atoms with Crippen molar-refractivity contribution < 1.29 is 14.3 Å². The van der Waals surface area contributed by atoms with E-state index in [1.807, 2.05) is 0 Å². The molecule has 1 aliphatic heterocycles. The van der Waals surface area contributed by atoms with Crippen LogP contribution in [0.3, 0.4) is 0 Å². The number of hydrogen-bond donors (Lipinski definition) is 2. The summed E-state index contributed by atoms with van der Waals surface area (Å²) in [5.41, 5.74) is 5.59. The van der Waals surface area contributed by atoms with E-state index in [0.29, 0.717) is 18.1 Å². The van der Waals surface area contributed by atoms with E-state index in [-0.39, 0.29) is 5.91 Å². The van der Waals surface area contributed by atoms with Gasteiger partial charge in [0.05, 0.1) is 12.6 Å². The lowest BCUT2D eigenvalue weighted by molar-refractivity contribution is -0.146. The van der Waals surface area contributed by atoms with E-state index in [1.54, 1.807) is 6.92 Å². The van der Waals surface area contributed by atoms with Gasteiger partial charge in [0.2, 0.25) is 5.91 Å². The highest BCUT2D eigenvalue weighted by Crippen LogP contribution is 2.24. The average molecular weight is 250 g/mol. The third-order valence-corrected chi connectivity index (χ3v) is 4.24. The highest BCUT2D eigenvalue weighted by Gasteiger charge is 2.27. The number of hydrogen-bond acceptors (Lipinski definition) is 6. The largest absolute Gasteiger partial charge is 0.464 e. The van der Waals surface area contributed by atoms with Crippen molar-refractivity contribution in [3.8, 4) is 0 Å². The van der Waals surface area contributed by atoms with Crippen molar-refractivity contribution in [3.63, 3.8) is 0 Å². The molecule has 0 aromatic carbocycles. The Balaban J connectivity index is 2.55. The van der Waals surface area contributed by atoms with Crippen molar-refractivity contribution >= 4 is 33.5 Å². The summed E-state index contributed by atoms with van der Waals surface area (Å²) in [6.07, 6.45) is 0. The average Bonchev–Trinajstić information content (AvgIpc) is 2.19. The number of ether oxygens (including phenoxy) is 1. The van der Waals surface area contributed by atoms with E-state index in [0.717, 1.165) is 0 Å². The molecule has 15 heavy (non-hydrogen) atoms.